The van der Waals surface area contributed by atoms with Gasteiger partial charge in [-0.15, -0.1) is 0 Å². The molecule has 20 heavy (non-hydrogen) atoms. The number of nitrogens with two attached hydrogens (primary N) is 1. The van der Waals surface area contributed by atoms with Crippen molar-refractivity contribution < 1.29 is 9.59 Å². The predicted molar refractivity (Wildman–Crippen MR) is 81.3 cm³/mol. The fourth-order valence-electron chi connectivity index (χ4n) is 2.12. The van der Waals surface area contributed by atoms with Gasteiger partial charge in [-0.05, 0) is 0 Å². The van der Waals surface area contributed by atoms with Gasteiger partial charge in [0.1, 0.15) is 0 Å². The van der Waals surface area contributed by atoms with E-state index in [0.717, 1.165) is 5.56 Å². The molecular formula is C16H15NO2Sr. The molecule has 0 amide bonds. The van der Waals surface area contributed by atoms with Gasteiger partial charge in [0.2, 0.25) is 0 Å². The third kappa shape index (κ3) is 3.20. The summed E-state index contributed by atoms with van der Waals surface area (Å²) in [5.74, 6) is 0.0210. The van der Waals surface area contributed by atoms with E-state index in [9.17, 15) is 9.59 Å². The number of para-hydroxylation sites is 1. The molecule has 0 heterocycles. The molecule has 1 atom stereocenters. The van der Waals surface area contributed by atoms with E-state index >= 15 is 0 Å². The van der Waals surface area contributed by atoms with Crippen molar-refractivity contribution in [1.29, 1.82) is 0 Å². The first-order valence-corrected chi connectivity index (χ1v) is 9.34. The number of hydrogen-bond donors (Lipinski definition) is 1. The third-order valence-electron chi connectivity index (χ3n) is 3.50. The van der Waals surface area contributed by atoms with Crippen LogP contribution in [-0.4, -0.2) is 54.8 Å². The van der Waals surface area contributed by atoms with Crippen LogP contribution in [0, 0.1) is 0 Å². The Hall–Kier alpha value is -0.939. The van der Waals surface area contributed by atoms with Crippen molar-refractivity contribution in [3.63, 3.8) is 0 Å². The Kier molecular flexibility index (Phi) is 5.16. The second-order valence-electron chi connectivity index (χ2n) is 4.84. The standard InChI is InChI=1S/C16H14NO2.Sr.H/c1-11(18)10-13-8-5-9-14(15(13)17)16(19)12-6-3-2-4-7-12;;/h2-10H,17H2,1H3;;. The first-order chi connectivity index (χ1) is 9.52. The van der Waals surface area contributed by atoms with E-state index in [1.54, 1.807) is 31.2 Å². The van der Waals surface area contributed by atoms with Crippen molar-refractivity contribution in [3.05, 3.63) is 65.2 Å². The summed E-state index contributed by atoms with van der Waals surface area (Å²) in [6.45, 7) is 1.58. The van der Waals surface area contributed by atoms with E-state index in [-0.39, 0.29) is 55.7 Å². The summed E-state index contributed by atoms with van der Waals surface area (Å²) in [5, 5.41) is 0. The Morgan fingerprint density at radius 1 is 1.05 bits per heavy atom. The minimum atomic E-state index is -0.101. The van der Waals surface area contributed by atoms with Crippen molar-refractivity contribution in [2.45, 2.75) is 7.81 Å². The van der Waals surface area contributed by atoms with Crippen LogP contribution in [0.25, 0.3) is 0 Å². The molecule has 0 aliphatic rings. The van der Waals surface area contributed by atoms with Crippen molar-refractivity contribution >= 4 is 60.5 Å². The summed E-state index contributed by atoms with van der Waals surface area (Å²) < 4.78 is -0.0969. The number of carbonyl (C=O) groups excluding carboxylic acids is 2. The molecule has 0 saturated heterocycles. The van der Waals surface area contributed by atoms with E-state index in [1.807, 2.05) is 24.3 Å². The summed E-state index contributed by atoms with van der Waals surface area (Å²) >= 11 is 0.113. The molecule has 4 heteroatoms. The molecule has 0 radical (unpaired) electrons. The van der Waals surface area contributed by atoms with Crippen LogP contribution in [0.3, 0.4) is 0 Å². The Labute approximate surface area is 147 Å². The zero-order chi connectivity index (χ0) is 14.7. The molecule has 2 aromatic rings. The van der Waals surface area contributed by atoms with Crippen LogP contribution in [0.2, 0.25) is 0 Å². The number of anilines is 1. The number of benzene rings is 2. The van der Waals surface area contributed by atoms with Crippen LogP contribution in [0.15, 0.2) is 48.5 Å². The van der Waals surface area contributed by atoms with Crippen molar-refractivity contribution in [3.8, 4) is 0 Å². The van der Waals surface area contributed by atoms with Crippen LogP contribution in [0.5, 0.6) is 0 Å². The van der Waals surface area contributed by atoms with Gasteiger partial charge in [-0.25, -0.2) is 0 Å². The molecule has 0 aromatic heterocycles. The van der Waals surface area contributed by atoms with Crippen LogP contribution in [0.4, 0.5) is 5.69 Å². The van der Waals surface area contributed by atoms with Crippen molar-refractivity contribution in [1.82, 2.24) is 0 Å². The maximum atomic E-state index is 12.5. The number of ketones is 2. The van der Waals surface area contributed by atoms with E-state index < -0.39 is 0 Å². The normalized spacial score (nSPS) is 11.8. The Balaban J connectivity index is 2.46. The SMILES string of the molecule is CC(=O)[CH]([SrH])c1cccc(C(=O)c2ccccc2)c1N. The van der Waals surface area contributed by atoms with E-state index in [2.05, 4.69) is 0 Å². The van der Waals surface area contributed by atoms with Gasteiger partial charge < -0.3 is 0 Å². The average Bonchev–Trinajstić information content (AvgIpc) is 2.47. The predicted octanol–water partition coefficient (Wildman–Crippen LogP) is 2.03. The first kappa shape index (κ1) is 15.4. The van der Waals surface area contributed by atoms with E-state index in [0.29, 0.717) is 16.8 Å². The molecule has 2 rings (SSSR count). The zero-order valence-electron chi connectivity index (χ0n) is 11.6. The monoisotopic (exact) mass is 341 g/mol. The van der Waals surface area contributed by atoms with E-state index in [4.69, 9.17) is 5.73 Å². The average molecular weight is 341 g/mol. The quantitative estimate of drug-likeness (QED) is 0.526. The Bertz CT molecular complexity index is 653. The summed E-state index contributed by atoms with van der Waals surface area (Å²) in [6, 6.07) is 14.4. The van der Waals surface area contributed by atoms with Crippen LogP contribution >= 0.6 is 0 Å². The minimum absolute atomic E-state index is 0.0969. The molecule has 2 aromatic carbocycles. The molecule has 1 unspecified atom stereocenters. The Morgan fingerprint density at radius 2 is 1.70 bits per heavy atom. The molecule has 0 spiro atoms. The molecule has 98 valence electrons. The molecule has 0 aliphatic heterocycles. The Morgan fingerprint density at radius 3 is 2.30 bits per heavy atom. The molecule has 2 N–H and O–H groups in total. The van der Waals surface area contributed by atoms with Crippen LogP contribution < -0.4 is 5.73 Å². The number of hydrogen-bond acceptors (Lipinski definition) is 3. The number of rotatable bonds is 4. The fourth-order valence-corrected chi connectivity index (χ4v) is 3.36. The molecule has 0 fully saturated rings. The summed E-state index contributed by atoms with van der Waals surface area (Å²) in [5.41, 5.74) is 8.45. The van der Waals surface area contributed by atoms with Gasteiger partial charge in [0, 0.05) is 0 Å². The molecule has 3 nitrogen and oxygen atoms in total. The zero-order valence-corrected chi connectivity index (χ0v) is 16.5. The fraction of sp³-hybridized carbons (Fsp3) is 0.125. The molecular weight excluding hydrogens is 326 g/mol. The first-order valence-electron chi connectivity index (χ1n) is 6.51. The van der Waals surface area contributed by atoms with Gasteiger partial charge in [0.25, 0.3) is 0 Å². The topological polar surface area (TPSA) is 60.2 Å². The van der Waals surface area contributed by atoms with Gasteiger partial charge >= 0.3 is 149 Å². The van der Waals surface area contributed by atoms with Crippen molar-refractivity contribution in [2.24, 2.45) is 0 Å². The third-order valence-corrected chi connectivity index (χ3v) is 7.02. The number of carbonyl (C=O) groups is 2. The second kappa shape index (κ2) is 6.68. The maximum absolute atomic E-state index is 12.5. The van der Waals surface area contributed by atoms with Crippen LogP contribution in [-0.2, 0) is 4.79 Å². The van der Waals surface area contributed by atoms with Gasteiger partial charge in [0.05, 0.1) is 0 Å². The van der Waals surface area contributed by atoms with Crippen molar-refractivity contribution in [2.75, 3.05) is 5.73 Å². The second-order valence-corrected chi connectivity index (χ2v) is 7.67. The van der Waals surface area contributed by atoms with Gasteiger partial charge in [-0.2, -0.15) is 0 Å². The van der Waals surface area contributed by atoms with E-state index in [1.165, 1.54) is 0 Å². The summed E-state index contributed by atoms with van der Waals surface area (Å²) in [7, 11) is 0. The van der Waals surface area contributed by atoms with Gasteiger partial charge in [0.15, 0.2) is 0 Å². The summed E-state index contributed by atoms with van der Waals surface area (Å²) in [6.07, 6.45) is 0. The molecule has 0 aliphatic carbocycles. The van der Waals surface area contributed by atoms with Crippen LogP contribution in [0.1, 0.15) is 29.3 Å². The van der Waals surface area contributed by atoms with Gasteiger partial charge in [-0.3, -0.25) is 0 Å². The molecule has 0 saturated carbocycles. The van der Waals surface area contributed by atoms with Gasteiger partial charge in [-0.1, -0.05) is 0 Å². The number of Topliss-reactive ketones (excluding diaryl/α,β-unsaturated/α-hetero) is 1. The molecule has 0 bridgehead atoms. The number of nitrogen functional groups attached to an aromatic ring is 1. The summed E-state index contributed by atoms with van der Waals surface area (Å²) in [4.78, 5) is 24.0.